The van der Waals surface area contributed by atoms with Crippen molar-refractivity contribution in [2.45, 2.75) is 37.0 Å². The number of nitrogens with one attached hydrogen (secondary N) is 2. The Kier molecular flexibility index (Phi) is 8.13. The zero-order chi connectivity index (χ0) is 24.9. The minimum atomic E-state index is -4.53. The van der Waals surface area contributed by atoms with Crippen molar-refractivity contribution in [3.8, 4) is 11.5 Å². The molecule has 1 atom stereocenters. The van der Waals surface area contributed by atoms with Crippen LogP contribution in [-0.4, -0.2) is 61.2 Å². The Morgan fingerprint density at radius 3 is 2.56 bits per heavy atom. The summed E-state index contributed by atoms with van der Waals surface area (Å²) in [5.41, 5.74) is -1.11. The van der Waals surface area contributed by atoms with E-state index in [2.05, 4.69) is 10.6 Å². The van der Waals surface area contributed by atoms with E-state index in [-0.39, 0.29) is 35.2 Å². The zero-order valence-electron chi connectivity index (χ0n) is 19.1. The van der Waals surface area contributed by atoms with Crippen molar-refractivity contribution >= 4 is 15.9 Å². The number of hydrogen-bond acceptors (Lipinski definition) is 7. The van der Waals surface area contributed by atoms with E-state index in [0.717, 1.165) is 0 Å². The van der Waals surface area contributed by atoms with Crippen molar-refractivity contribution in [1.82, 2.24) is 15.1 Å². The van der Waals surface area contributed by atoms with Crippen molar-refractivity contribution in [3.05, 3.63) is 59.4 Å². The maximum absolute atomic E-state index is 14.2. The second-order valence-corrected chi connectivity index (χ2v) is 10.1. The summed E-state index contributed by atoms with van der Waals surface area (Å²) >= 11 is 0. The molecule has 1 aliphatic rings. The van der Waals surface area contributed by atoms with Gasteiger partial charge in [-0.3, -0.25) is 10.0 Å². The predicted octanol–water partition coefficient (Wildman–Crippen LogP) is 2.35. The summed E-state index contributed by atoms with van der Waals surface area (Å²) in [7, 11) is -3.22. The molecule has 11 heteroatoms. The van der Waals surface area contributed by atoms with Crippen LogP contribution in [0, 0.1) is 5.82 Å². The summed E-state index contributed by atoms with van der Waals surface area (Å²) < 4.78 is 46.9. The number of halogens is 1. The van der Waals surface area contributed by atoms with E-state index in [1.165, 1.54) is 43.5 Å². The van der Waals surface area contributed by atoms with Crippen LogP contribution in [0.5, 0.6) is 11.5 Å². The Bertz CT molecular complexity index is 1120. The number of aromatic hydroxyl groups is 1. The number of hydrogen-bond donors (Lipinski definition) is 4. The van der Waals surface area contributed by atoms with Crippen molar-refractivity contribution in [2.75, 3.05) is 26.7 Å². The normalized spacial score (nSPS) is 16.7. The first-order chi connectivity index (χ1) is 16.2. The van der Waals surface area contributed by atoms with Gasteiger partial charge >= 0.3 is 0 Å². The molecule has 1 heterocycles. The van der Waals surface area contributed by atoms with Crippen molar-refractivity contribution < 1.29 is 32.7 Å². The van der Waals surface area contributed by atoms with Gasteiger partial charge in [-0.1, -0.05) is 29.6 Å². The van der Waals surface area contributed by atoms with Crippen LogP contribution < -0.4 is 15.4 Å². The van der Waals surface area contributed by atoms with Gasteiger partial charge in [0.05, 0.1) is 7.11 Å². The Hall–Kier alpha value is -2.73. The molecular formula is C23H30FN3O6S. The van der Waals surface area contributed by atoms with Gasteiger partial charge in [0.25, 0.3) is 15.9 Å². The zero-order valence-corrected chi connectivity index (χ0v) is 19.9. The number of piperidine rings is 1. The molecule has 0 saturated carbocycles. The Morgan fingerprint density at radius 2 is 1.94 bits per heavy atom. The quantitative estimate of drug-likeness (QED) is 0.393. The van der Waals surface area contributed by atoms with Crippen LogP contribution in [0.1, 0.15) is 42.1 Å². The monoisotopic (exact) mass is 495 g/mol. The molecule has 2 aromatic rings. The average Bonchev–Trinajstić information content (AvgIpc) is 2.82. The van der Waals surface area contributed by atoms with Crippen molar-refractivity contribution in [1.29, 1.82) is 0 Å². The number of ether oxygens (including phenoxy) is 1. The molecule has 34 heavy (non-hydrogen) atoms. The Morgan fingerprint density at radius 1 is 1.26 bits per heavy atom. The maximum Gasteiger partial charge on any atom is 0.259 e. The molecule has 1 saturated heterocycles. The molecule has 2 aromatic carbocycles. The molecule has 1 unspecified atom stereocenters. The number of benzene rings is 2. The molecule has 1 fully saturated rings. The third kappa shape index (κ3) is 5.02. The van der Waals surface area contributed by atoms with Crippen LogP contribution in [0.2, 0.25) is 0 Å². The standard InChI is InChI=1S/C23H30FN3O6S/c1-3-14-27(30)34(31,32)22(26-21(29)20-18(28)8-5-9-19(20)33-2)23(10-12-25-13-11-23)16-6-4-7-17(24)15-16/h4-9,15,22,25,28,30H,3,10-14H2,1-2H3,(H,26,29). The molecule has 4 N–H and O–H groups in total. The fourth-order valence-corrected chi connectivity index (χ4v) is 6.30. The summed E-state index contributed by atoms with van der Waals surface area (Å²) in [5, 5.41) is 24.8. The molecule has 0 spiro atoms. The summed E-state index contributed by atoms with van der Waals surface area (Å²) in [4.78, 5) is 13.4. The van der Waals surface area contributed by atoms with E-state index in [0.29, 0.717) is 25.1 Å². The van der Waals surface area contributed by atoms with Crippen molar-refractivity contribution in [3.63, 3.8) is 0 Å². The van der Waals surface area contributed by atoms with E-state index < -0.39 is 38.3 Å². The van der Waals surface area contributed by atoms with Gasteiger partial charge in [0.15, 0.2) is 5.37 Å². The van der Waals surface area contributed by atoms with Gasteiger partial charge in [-0.2, -0.15) is 0 Å². The number of amides is 1. The molecule has 0 radical (unpaired) electrons. The lowest BCUT2D eigenvalue weighted by Gasteiger charge is -2.44. The van der Waals surface area contributed by atoms with E-state index in [1.807, 2.05) is 0 Å². The van der Waals surface area contributed by atoms with E-state index in [1.54, 1.807) is 13.0 Å². The molecule has 186 valence electrons. The molecule has 9 nitrogen and oxygen atoms in total. The number of sulfonamides is 1. The van der Waals surface area contributed by atoms with Gasteiger partial charge < -0.3 is 20.5 Å². The Balaban J connectivity index is 2.18. The number of rotatable bonds is 9. The first-order valence-electron chi connectivity index (χ1n) is 11.0. The first kappa shape index (κ1) is 25.9. The summed E-state index contributed by atoms with van der Waals surface area (Å²) in [5.74, 6) is -1.79. The van der Waals surface area contributed by atoms with Crippen LogP contribution in [0.4, 0.5) is 4.39 Å². The number of methoxy groups -OCH3 is 1. The summed E-state index contributed by atoms with van der Waals surface area (Å²) in [6, 6.07) is 9.82. The van der Waals surface area contributed by atoms with Crippen LogP contribution in [0.15, 0.2) is 42.5 Å². The van der Waals surface area contributed by atoms with E-state index >= 15 is 0 Å². The van der Waals surface area contributed by atoms with Gasteiger partial charge in [0, 0.05) is 12.0 Å². The topological polar surface area (TPSA) is 128 Å². The lowest BCUT2D eigenvalue weighted by Crippen LogP contribution is -2.61. The highest BCUT2D eigenvalue weighted by Gasteiger charge is 2.51. The van der Waals surface area contributed by atoms with Gasteiger partial charge in [0.1, 0.15) is 22.9 Å². The second kappa shape index (κ2) is 10.7. The third-order valence-electron chi connectivity index (χ3n) is 6.12. The fraction of sp³-hybridized carbons (Fsp3) is 0.435. The van der Waals surface area contributed by atoms with Crippen LogP contribution in [0.25, 0.3) is 0 Å². The SMILES string of the molecule is CCCN(O)S(=O)(=O)C(NC(=O)c1c(O)cccc1OC)C1(c2cccc(F)c2)CCNCC1. The fourth-order valence-electron chi connectivity index (χ4n) is 4.42. The average molecular weight is 496 g/mol. The minimum Gasteiger partial charge on any atom is -0.507 e. The van der Waals surface area contributed by atoms with Gasteiger partial charge in [-0.15, -0.1) is 0 Å². The molecule has 3 rings (SSSR count). The molecule has 0 bridgehead atoms. The summed E-state index contributed by atoms with van der Waals surface area (Å²) in [6.07, 6.45) is 0.829. The van der Waals surface area contributed by atoms with Crippen LogP contribution in [0.3, 0.4) is 0 Å². The number of nitrogens with zero attached hydrogens (tertiary/aromatic N) is 1. The van der Waals surface area contributed by atoms with Gasteiger partial charge in [-0.25, -0.2) is 12.8 Å². The highest BCUT2D eigenvalue weighted by atomic mass is 32.2. The lowest BCUT2D eigenvalue weighted by molar-refractivity contribution is 0.0000600. The second-order valence-electron chi connectivity index (χ2n) is 8.22. The molecule has 0 aromatic heterocycles. The number of carbonyl (C=O) groups is 1. The molecule has 1 amide bonds. The number of hydroxylamine groups is 1. The summed E-state index contributed by atoms with van der Waals surface area (Å²) in [6.45, 7) is 2.34. The predicted molar refractivity (Wildman–Crippen MR) is 124 cm³/mol. The third-order valence-corrected chi connectivity index (χ3v) is 8.05. The van der Waals surface area contributed by atoms with Crippen molar-refractivity contribution in [2.24, 2.45) is 0 Å². The van der Waals surface area contributed by atoms with E-state index in [4.69, 9.17) is 4.74 Å². The van der Waals surface area contributed by atoms with Gasteiger partial charge in [0.2, 0.25) is 0 Å². The Labute approximate surface area is 198 Å². The van der Waals surface area contributed by atoms with E-state index in [9.17, 15) is 27.9 Å². The number of phenolic OH excluding ortho intramolecular Hbond substituents is 1. The van der Waals surface area contributed by atoms with Crippen LogP contribution in [-0.2, 0) is 15.4 Å². The smallest absolute Gasteiger partial charge is 0.259 e. The number of carbonyl (C=O) groups excluding carboxylic acids is 1. The van der Waals surface area contributed by atoms with Gasteiger partial charge in [-0.05, 0) is 62.2 Å². The van der Waals surface area contributed by atoms with Crippen LogP contribution >= 0.6 is 0 Å². The minimum absolute atomic E-state index is 0.0492. The molecule has 0 aliphatic carbocycles. The molecular weight excluding hydrogens is 465 g/mol. The molecule has 1 aliphatic heterocycles. The highest BCUT2D eigenvalue weighted by molar-refractivity contribution is 7.89. The first-order valence-corrected chi connectivity index (χ1v) is 12.5. The number of phenols is 1. The maximum atomic E-state index is 14.2. The largest absolute Gasteiger partial charge is 0.507 e. The highest BCUT2D eigenvalue weighted by Crippen LogP contribution is 2.41. The lowest BCUT2D eigenvalue weighted by atomic mass is 9.72.